The second kappa shape index (κ2) is 11.2. The van der Waals surface area contributed by atoms with E-state index in [-0.39, 0.29) is 18.4 Å². The summed E-state index contributed by atoms with van der Waals surface area (Å²) in [6.45, 7) is 3.57. The zero-order chi connectivity index (χ0) is 24.0. The van der Waals surface area contributed by atoms with E-state index in [1.54, 1.807) is 13.8 Å². The summed E-state index contributed by atoms with van der Waals surface area (Å²) in [4.78, 5) is 36.8. The van der Waals surface area contributed by atoms with Crippen molar-refractivity contribution in [1.29, 1.82) is 0 Å². The Bertz CT molecular complexity index is 964. The number of rotatable bonds is 10. The number of thioether (sulfide) groups is 1. The molecule has 2 aromatic carbocycles. The smallest absolute Gasteiger partial charge is 0.407 e. The highest BCUT2D eigenvalue weighted by Gasteiger charge is 2.31. The van der Waals surface area contributed by atoms with Gasteiger partial charge in [0.1, 0.15) is 18.7 Å². The molecule has 3 N–H and O–H groups in total. The van der Waals surface area contributed by atoms with Gasteiger partial charge in [-0.15, -0.1) is 0 Å². The lowest BCUT2D eigenvalue weighted by molar-refractivity contribution is -0.143. The van der Waals surface area contributed by atoms with E-state index < -0.39 is 30.1 Å². The average Bonchev–Trinajstić information content (AvgIpc) is 3.12. The minimum atomic E-state index is -1.11. The number of carbonyl (C=O) groups is 3. The molecule has 1 aliphatic rings. The first-order valence-corrected chi connectivity index (χ1v) is 12.4. The number of carboxylic acids is 1. The molecule has 0 bridgehead atoms. The number of amides is 2. The molecule has 176 valence electrons. The highest BCUT2D eigenvalue weighted by atomic mass is 32.2. The number of ether oxygens (including phenoxy) is 1. The minimum absolute atomic E-state index is 0.0843. The third kappa shape index (κ3) is 5.87. The van der Waals surface area contributed by atoms with E-state index in [9.17, 15) is 19.5 Å². The van der Waals surface area contributed by atoms with Gasteiger partial charge in [0.2, 0.25) is 5.91 Å². The summed E-state index contributed by atoms with van der Waals surface area (Å²) in [7, 11) is 0. The monoisotopic (exact) mass is 470 g/mol. The lowest BCUT2D eigenvalue weighted by Crippen LogP contribution is -2.53. The summed E-state index contributed by atoms with van der Waals surface area (Å²) in [5, 5.41) is 14.5. The van der Waals surface area contributed by atoms with Crippen molar-refractivity contribution in [3.05, 3.63) is 59.7 Å². The first-order valence-electron chi connectivity index (χ1n) is 11.0. The fraction of sp³-hybridized carbons (Fsp3) is 0.400. The van der Waals surface area contributed by atoms with E-state index in [2.05, 4.69) is 22.8 Å². The van der Waals surface area contributed by atoms with Crippen LogP contribution in [0.4, 0.5) is 4.79 Å². The topological polar surface area (TPSA) is 105 Å². The number of carbonyl (C=O) groups excluding carboxylic acids is 2. The van der Waals surface area contributed by atoms with Gasteiger partial charge in [0.25, 0.3) is 0 Å². The first-order chi connectivity index (χ1) is 15.8. The van der Waals surface area contributed by atoms with Crippen LogP contribution >= 0.6 is 11.8 Å². The second-order valence-corrected chi connectivity index (χ2v) is 9.36. The minimum Gasteiger partial charge on any atom is -0.480 e. The first kappa shape index (κ1) is 24.6. The van der Waals surface area contributed by atoms with Crippen molar-refractivity contribution in [2.75, 3.05) is 18.6 Å². The average molecular weight is 471 g/mol. The molecule has 0 aromatic heterocycles. The maximum atomic E-state index is 12.7. The van der Waals surface area contributed by atoms with Crippen molar-refractivity contribution in [3.8, 4) is 11.1 Å². The summed E-state index contributed by atoms with van der Waals surface area (Å²) in [5.74, 6) is -1.39. The van der Waals surface area contributed by atoms with E-state index in [1.807, 2.05) is 42.7 Å². The zero-order valence-corrected chi connectivity index (χ0v) is 19.9. The van der Waals surface area contributed by atoms with Crippen LogP contribution in [0.5, 0.6) is 0 Å². The third-order valence-electron chi connectivity index (χ3n) is 5.79. The summed E-state index contributed by atoms with van der Waals surface area (Å²) in [5.41, 5.74) is 4.47. The Hall–Kier alpha value is -3.00. The van der Waals surface area contributed by atoms with Gasteiger partial charge in [0.15, 0.2) is 0 Å². The molecule has 2 atom stereocenters. The number of aliphatic carboxylic acids is 1. The molecule has 8 heteroatoms. The van der Waals surface area contributed by atoms with Crippen LogP contribution in [0.2, 0.25) is 0 Å². The molecule has 0 spiro atoms. The summed E-state index contributed by atoms with van der Waals surface area (Å²) < 4.78 is 5.55. The third-order valence-corrected chi connectivity index (χ3v) is 6.44. The van der Waals surface area contributed by atoms with Crippen molar-refractivity contribution in [2.24, 2.45) is 5.92 Å². The van der Waals surface area contributed by atoms with E-state index in [1.165, 1.54) is 11.8 Å². The molecule has 0 radical (unpaired) electrons. The lowest BCUT2D eigenvalue weighted by Gasteiger charge is -2.23. The van der Waals surface area contributed by atoms with Crippen molar-refractivity contribution >= 4 is 29.7 Å². The molecule has 0 saturated heterocycles. The predicted octanol–water partition coefficient (Wildman–Crippen LogP) is 3.87. The molecule has 33 heavy (non-hydrogen) atoms. The van der Waals surface area contributed by atoms with E-state index in [4.69, 9.17) is 4.74 Å². The Morgan fingerprint density at radius 3 is 2.09 bits per heavy atom. The molecule has 0 saturated carbocycles. The van der Waals surface area contributed by atoms with Crippen LogP contribution in [0.25, 0.3) is 11.1 Å². The SMILES string of the molecule is CSCC[C@@H](NC(=O)OCC1c2ccccc2-c2ccccc21)C(=O)N[C@H](C(=O)O)C(C)C. The molecule has 1 aliphatic carbocycles. The fourth-order valence-electron chi connectivity index (χ4n) is 4.05. The van der Waals surface area contributed by atoms with Crippen LogP contribution in [0.1, 0.15) is 37.3 Å². The van der Waals surface area contributed by atoms with E-state index in [0.29, 0.717) is 12.2 Å². The normalized spacial score (nSPS) is 14.2. The van der Waals surface area contributed by atoms with Crippen molar-refractivity contribution in [2.45, 2.75) is 38.3 Å². The molecule has 2 amide bonds. The van der Waals surface area contributed by atoms with Gasteiger partial charge in [-0.2, -0.15) is 11.8 Å². The maximum Gasteiger partial charge on any atom is 0.407 e. The molecular weight excluding hydrogens is 440 g/mol. The van der Waals surface area contributed by atoms with Crippen molar-refractivity contribution in [1.82, 2.24) is 10.6 Å². The lowest BCUT2D eigenvalue weighted by atomic mass is 9.98. The Labute approximate surface area is 198 Å². The van der Waals surface area contributed by atoms with E-state index in [0.717, 1.165) is 22.3 Å². The zero-order valence-electron chi connectivity index (χ0n) is 19.0. The summed E-state index contributed by atoms with van der Waals surface area (Å²) in [6, 6.07) is 14.2. The maximum absolute atomic E-state index is 12.7. The number of hydrogen-bond acceptors (Lipinski definition) is 5. The van der Waals surface area contributed by atoms with E-state index >= 15 is 0 Å². The molecule has 3 rings (SSSR count). The Balaban J connectivity index is 1.66. The van der Waals surface area contributed by atoms with Crippen LogP contribution in [-0.2, 0) is 14.3 Å². The standard InChI is InChI=1S/C25H30N2O5S/c1-15(2)22(24(29)30)27-23(28)21(12-13-33-3)26-25(31)32-14-20-18-10-6-4-8-16(18)17-9-5-7-11-19(17)20/h4-11,15,20-22H,12-14H2,1-3H3,(H,26,31)(H,27,28)(H,29,30)/t21-,22+/m1/s1. The Morgan fingerprint density at radius 1 is 1.00 bits per heavy atom. The Kier molecular flexibility index (Phi) is 8.38. The highest BCUT2D eigenvalue weighted by molar-refractivity contribution is 7.98. The molecule has 7 nitrogen and oxygen atoms in total. The van der Waals surface area contributed by atoms with Gasteiger partial charge in [-0.25, -0.2) is 9.59 Å². The van der Waals surface area contributed by atoms with Gasteiger partial charge in [-0.1, -0.05) is 62.4 Å². The van der Waals surface area contributed by atoms with Crippen molar-refractivity contribution < 1.29 is 24.2 Å². The van der Waals surface area contributed by atoms with Crippen LogP contribution < -0.4 is 10.6 Å². The molecule has 0 fully saturated rings. The molecule has 0 unspecified atom stereocenters. The largest absolute Gasteiger partial charge is 0.480 e. The Morgan fingerprint density at radius 2 is 1.58 bits per heavy atom. The number of alkyl carbamates (subject to hydrolysis) is 1. The summed E-state index contributed by atoms with van der Waals surface area (Å²) >= 11 is 1.54. The number of nitrogens with one attached hydrogen (secondary N) is 2. The molecule has 0 heterocycles. The molecule has 2 aromatic rings. The summed E-state index contributed by atoms with van der Waals surface area (Å²) in [6.07, 6.45) is 1.56. The van der Waals surface area contributed by atoms with Crippen molar-refractivity contribution in [3.63, 3.8) is 0 Å². The fourth-order valence-corrected chi connectivity index (χ4v) is 4.53. The van der Waals surface area contributed by atoms with Gasteiger partial charge in [0.05, 0.1) is 0 Å². The van der Waals surface area contributed by atoms with Crippen LogP contribution in [0.15, 0.2) is 48.5 Å². The number of hydrogen-bond donors (Lipinski definition) is 3. The van der Waals surface area contributed by atoms with Gasteiger partial charge < -0.3 is 20.5 Å². The number of fused-ring (bicyclic) bond motifs is 3. The second-order valence-electron chi connectivity index (χ2n) is 8.37. The van der Waals surface area contributed by atoms with Gasteiger partial charge in [0, 0.05) is 5.92 Å². The number of carboxylic acid groups (broad SMARTS) is 1. The van der Waals surface area contributed by atoms with Gasteiger partial charge in [-0.3, -0.25) is 4.79 Å². The van der Waals surface area contributed by atoms with Crippen LogP contribution in [0.3, 0.4) is 0 Å². The highest BCUT2D eigenvalue weighted by Crippen LogP contribution is 2.44. The molecular formula is C25H30N2O5S. The number of benzene rings is 2. The quantitative estimate of drug-likeness (QED) is 0.487. The van der Waals surface area contributed by atoms with Gasteiger partial charge >= 0.3 is 12.1 Å². The van der Waals surface area contributed by atoms with Gasteiger partial charge in [-0.05, 0) is 46.6 Å². The van der Waals surface area contributed by atoms with Crippen LogP contribution in [-0.4, -0.2) is 53.8 Å². The predicted molar refractivity (Wildman–Crippen MR) is 129 cm³/mol. The van der Waals surface area contributed by atoms with Crippen LogP contribution in [0, 0.1) is 5.92 Å². The molecule has 0 aliphatic heterocycles.